The second-order valence-corrected chi connectivity index (χ2v) is 11.6. The molecule has 3 aliphatic rings. The van der Waals surface area contributed by atoms with Gasteiger partial charge in [0.15, 0.2) is 5.82 Å². The Morgan fingerprint density at radius 3 is 2.64 bits per heavy atom. The minimum atomic E-state index is -0.283. The SMILES string of the molecule is CCC1C(=O)N(C)c2cnc(Nc3ccc(C(=O)NCC(CN4CCN(C)CC4)OC)c4c3OCC4)nc2N1C(C)C. The summed E-state index contributed by atoms with van der Waals surface area (Å²) >= 11 is 0. The van der Waals surface area contributed by atoms with Crippen LogP contribution >= 0.6 is 0 Å². The molecule has 4 heterocycles. The van der Waals surface area contributed by atoms with Crippen molar-refractivity contribution in [2.75, 3.05) is 82.2 Å². The van der Waals surface area contributed by atoms with Crippen molar-refractivity contribution >= 4 is 35.0 Å². The first kappa shape index (κ1) is 30.0. The zero-order valence-electron chi connectivity index (χ0n) is 25.6. The molecule has 0 aliphatic carbocycles. The number of aromatic nitrogens is 2. The molecule has 0 spiro atoms. The maximum atomic E-state index is 13.3. The number of methoxy groups -OCH3 is 1. The van der Waals surface area contributed by atoms with Crippen molar-refractivity contribution in [3.05, 3.63) is 29.5 Å². The minimum absolute atomic E-state index is 0.0410. The van der Waals surface area contributed by atoms with Gasteiger partial charge >= 0.3 is 0 Å². The van der Waals surface area contributed by atoms with Gasteiger partial charge in [-0.2, -0.15) is 4.98 Å². The summed E-state index contributed by atoms with van der Waals surface area (Å²) in [6.07, 6.45) is 2.91. The van der Waals surface area contributed by atoms with Gasteiger partial charge in [-0.05, 0) is 39.4 Å². The number of nitrogens with one attached hydrogen (secondary N) is 2. The smallest absolute Gasteiger partial charge is 0.251 e. The number of likely N-dealkylation sites (N-methyl/N-ethyl adjacent to an activating group) is 2. The highest BCUT2D eigenvalue weighted by atomic mass is 16.5. The molecule has 12 nitrogen and oxygen atoms in total. The molecule has 228 valence electrons. The lowest BCUT2D eigenvalue weighted by atomic mass is 10.0. The van der Waals surface area contributed by atoms with Crippen molar-refractivity contribution in [3.8, 4) is 5.75 Å². The summed E-state index contributed by atoms with van der Waals surface area (Å²) in [5, 5.41) is 6.38. The number of nitrogens with zero attached hydrogens (tertiary/aromatic N) is 6. The van der Waals surface area contributed by atoms with Gasteiger partial charge in [0.2, 0.25) is 11.9 Å². The molecular formula is C30H44N8O4. The first-order chi connectivity index (χ1) is 20.2. The van der Waals surface area contributed by atoms with Gasteiger partial charge in [0.25, 0.3) is 5.91 Å². The van der Waals surface area contributed by atoms with E-state index < -0.39 is 0 Å². The van der Waals surface area contributed by atoms with Crippen LogP contribution in [0.4, 0.5) is 23.1 Å². The van der Waals surface area contributed by atoms with Crippen molar-refractivity contribution in [1.29, 1.82) is 0 Å². The van der Waals surface area contributed by atoms with Crippen LogP contribution < -0.4 is 25.2 Å². The highest BCUT2D eigenvalue weighted by molar-refractivity contribution is 6.04. The summed E-state index contributed by atoms with van der Waals surface area (Å²) in [7, 11) is 5.60. The predicted octanol–water partition coefficient (Wildman–Crippen LogP) is 2.12. The highest BCUT2D eigenvalue weighted by Crippen LogP contribution is 2.39. The van der Waals surface area contributed by atoms with Crippen LogP contribution in [-0.2, 0) is 16.0 Å². The maximum absolute atomic E-state index is 13.3. The van der Waals surface area contributed by atoms with E-state index in [2.05, 4.69) is 51.2 Å². The molecule has 2 N–H and O–H groups in total. The van der Waals surface area contributed by atoms with Gasteiger partial charge in [0, 0.05) is 77.0 Å². The van der Waals surface area contributed by atoms with Gasteiger partial charge in [-0.3, -0.25) is 14.5 Å². The van der Waals surface area contributed by atoms with E-state index in [0.717, 1.165) is 38.3 Å². The van der Waals surface area contributed by atoms with E-state index in [-0.39, 0.29) is 30.0 Å². The van der Waals surface area contributed by atoms with Gasteiger partial charge in [0.1, 0.15) is 17.5 Å². The quantitative estimate of drug-likeness (QED) is 0.433. The Hall–Kier alpha value is -3.48. The summed E-state index contributed by atoms with van der Waals surface area (Å²) in [5.74, 6) is 1.66. The van der Waals surface area contributed by atoms with Crippen molar-refractivity contribution in [3.63, 3.8) is 0 Å². The number of amides is 2. The second-order valence-electron chi connectivity index (χ2n) is 11.6. The number of hydrogen-bond donors (Lipinski definition) is 2. The van der Waals surface area contributed by atoms with Gasteiger partial charge in [-0.1, -0.05) is 6.92 Å². The van der Waals surface area contributed by atoms with Crippen molar-refractivity contribution < 1.29 is 19.1 Å². The molecule has 1 saturated heterocycles. The molecule has 0 bridgehead atoms. The fourth-order valence-corrected chi connectivity index (χ4v) is 6.01. The molecule has 2 amide bonds. The van der Waals surface area contributed by atoms with Gasteiger partial charge in [-0.25, -0.2) is 4.98 Å². The third kappa shape index (κ3) is 6.02. The minimum Gasteiger partial charge on any atom is -0.491 e. The van der Waals surface area contributed by atoms with Crippen LogP contribution in [0.25, 0.3) is 0 Å². The van der Waals surface area contributed by atoms with Crippen LogP contribution in [0.3, 0.4) is 0 Å². The van der Waals surface area contributed by atoms with E-state index in [1.54, 1.807) is 25.3 Å². The van der Waals surface area contributed by atoms with E-state index in [9.17, 15) is 9.59 Å². The van der Waals surface area contributed by atoms with Crippen LogP contribution in [0.2, 0.25) is 0 Å². The number of anilines is 4. The average Bonchev–Trinajstić information content (AvgIpc) is 3.48. The number of carbonyl (C=O) groups excluding carboxylic acids is 2. The van der Waals surface area contributed by atoms with Crippen molar-refractivity contribution in [2.45, 2.75) is 51.8 Å². The Morgan fingerprint density at radius 1 is 1.19 bits per heavy atom. The second kappa shape index (κ2) is 12.8. The first-order valence-electron chi connectivity index (χ1n) is 14.9. The molecule has 1 aromatic heterocycles. The number of piperazine rings is 1. The summed E-state index contributed by atoms with van der Waals surface area (Å²) in [6.45, 7) is 11.9. The number of rotatable bonds is 10. The Balaban J connectivity index is 1.30. The fourth-order valence-electron chi connectivity index (χ4n) is 6.01. The van der Waals surface area contributed by atoms with Crippen LogP contribution in [0.5, 0.6) is 5.75 Å². The van der Waals surface area contributed by atoms with Crippen molar-refractivity contribution in [1.82, 2.24) is 25.1 Å². The van der Waals surface area contributed by atoms with Gasteiger partial charge < -0.3 is 34.8 Å². The number of fused-ring (bicyclic) bond motifs is 2. The molecular weight excluding hydrogens is 536 g/mol. The Morgan fingerprint density at radius 2 is 1.95 bits per heavy atom. The largest absolute Gasteiger partial charge is 0.491 e. The number of benzene rings is 1. The van der Waals surface area contributed by atoms with E-state index in [1.165, 1.54) is 0 Å². The number of ether oxygens (including phenoxy) is 2. The molecule has 2 aromatic rings. The first-order valence-corrected chi connectivity index (χ1v) is 14.9. The highest BCUT2D eigenvalue weighted by Gasteiger charge is 2.38. The van der Waals surface area contributed by atoms with Gasteiger partial charge in [-0.15, -0.1) is 0 Å². The molecule has 1 aromatic carbocycles. The summed E-state index contributed by atoms with van der Waals surface area (Å²) in [6, 6.07) is 3.46. The van der Waals surface area contributed by atoms with E-state index >= 15 is 0 Å². The van der Waals surface area contributed by atoms with E-state index in [1.807, 2.05) is 19.1 Å². The third-order valence-electron chi connectivity index (χ3n) is 8.48. The van der Waals surface area contributed by atoms with Gasteiger partial charge in [0.05, 0.1) is 24.6 Å². The predicted molar refractivity (Wildman–Crippen MR) is 163 cm³/mol. The molecule has 3 aliphatic heterocycles. The average molecular weight is 581 g/mol. The molecule has 2 atom stereocenters. The molecule has 2 unspecified atom stereocenters. The van der Waals surface area contributed by atoms with Crippen molar-refractivity contribution in [2.24, 2.45) is 0 Å². The lowest BCUT2D eigenvalue weighted by molar-refractivity contribution is -0.120. The van der Waals surface area contributed by atoms with Crippen LogP contribution in [-0.4, -0.2) is 117 Å². The Labute approximate surface area is 248 Å². The molecule has 42 heavy (non-hydrogen) atoms. The molecule has 0 radical (unpaired) electrons. The van der Waals surface area contributed by atoms with Crippen LogP contribution in [0.1, 0.15) is 43.1 Å². The fraction of sp³-hybridized carbons (Fsp3) is 0.600. The van der Waals surface area contributed by atoms with Crippen LogP contribution in [0, 0.1) is 0 Å². The van der Waals surface area contributed by atoms with Crippen LogP contribution in [0.15, 0.2) is 18.3 Å². The number of carbonyl (C=O) groups is 2. The Kier molecular flexibility index (Phi) is 9.14. The third-order valence-corrected chi connectivity index (χ3v) is 8.48. The molecule has 12 heteroatoms. The normalized spacial score (nSPS) is 19.9. The Bertz CT molecular complexity index is 1300. The topological polar surface area (TPSA) is 115 Å². The van der Waals surface area contributed by atoms with E-state index in [0.29, 0.717) is 60.4 Å². The lowest BCUT2D eigenvalue weighted by Gasteiger charge is -2.42. The summed E-state index contributed by atoms with van der Waals surface area (Å²) in [5.41, 5.74) is 2.85. The monoisotopic (exact) mass is 580 g/mol. The molecule has 0 saturated carbocycles. The lowest BCUT2D eigenvalue weighted by Crippen LogP contribution is -2.54. The summed E-state index contributed by atoms with van der Waals surface area (Å²) < 4.78 is 11.7. The zero-order chi connectivity index (χ0) is 30.0. The molecule has 1 fully saturated rings. The zero-order valence-corrected chi connectivity index (χ0v) is 25.6. The number of hydrogen-bond acceptors (Lipinski definition) is 10. The summed E-state index contributed by atoms with van der Waals surface area (Å²) in [4.78, 5) is 44.0. The molecule has 5 rings (SSSR count). The van der Waals surface area contributed by atoms with E-state index in [4.69, 9.17) is 14.5 Å². The maximum Gasteiger partial charge on any atom is 0.251 e. The standard InChI is InChI=1S/C30H44N8O4/c1-7-24-29(40)36(5)25-17-32-30(34-27(25)38(24)19(2)3)33-23-9-8-22(21-10-15-42-26(21)23)28(39)31-16-20(41-6)18-37-13-11-35(4)12-14-37/h8-9,17,19-20,24H,7,10-16,18H2,1-6H3,(H,31,39)(H,32,33,34).